The number of thioether (sulfide) groups is 1. The third kappa shape index (κ3) is 5.22. The molecule has 0 aromatic heterocycles. The van der Waals surface area contributed by atoms with Gasteiger partial charge in [0.05, 0.1) is 4.92 Å². The Kier molecular flexibility index (Phi) is 7.91. The van der Waals surface area contributed by atoms with Gasteiger partial charge in [-0.3, -0.25) is 10.1 Å². The van der Waals surface area contributed by atoms with Gasteiger partial charge in [0, 0.05) is 28.8 Å². The number of nitrogens with zero attached hydrogens (tertiary/aromatic N) is 2. The molecule has 3 rings (SSSR count). The van der Waals surface area contributed by atoms with Gasteiger partial charge in [0.1, 0.15) is 0 Å². The minimum absolute atomic E-state index is 0.110. The quantitative estimate of drug-likeness (QED) is 0.208. The number of hydrogen-bond acceptors (Lipinski definition) is 5. The van der Waals surface area contributed by atoms with Crippen LogP contribution < -0.4 is 0 Å². The molecule has 30 heavy (non-hydrogen) atoms. The van der Waals surface area contributed by atoms with Crippen LogP contribution in [-0.4, -0.2) is 35.5 Å². The van der Waals surface area contributed by atoms with Crippen LogP contribution in [-0.2, 0) is 10.0 Å². The van der Waals surface area contributed by atoms with Crippen LogP contribution in [0.4, 0.5) is 5.69 Å². The van der Waals surface area contributed by atoms with E-state index in [1.165, 1.54) is 22.5 Å². The van der Waals surface area contributed by atoms with Crippen molar-refractivity contribution >= 4 is 27.5 Å². The smallest absolute Gasteiger partial charge is 0.258 e. The first kappa shape index (κ1) is 22.8. The summed E-state index contributed by atoms with van der Waals surface area (Å²) in [7, 11) is -3.95. The summed E-state index contributed by atoms with van der Waals surface area (Å²) in [5.74, 6) is 0. The van der Waals surface area contributed by atoms with Gasteiger partial charge in [-0.05, 0) is 37.5 Å². The minimum Gasteiger partial charge on any atom is -0.258 e. The lowest BCUT2D eigenvalue weighted by atomic mass is 10.1. The second kappa shape index (κ2) is 10.4. The van der Waals surface area contributed by atoms with Gasteiger partial charge < -0.3 is 0 Å². The summed E-state index contributed by atoms with van der Waals surface area (Å²) in [5.41, 5.74) is -0.360. The van der Waals surface area contributed by atoms with Crippen LogP contribution in [0.3, 0.4) is 0 Å². The van der Waals surface area contributed by atoms with Crippen LogP contribution in [0.5, 0.6) is 0 Å². The Hall–Kier alpha value is -1.90. The first-order valence-electron chi connectivity index (χ1n) is 10.4. The number of nitro benzene ring substituents is 1. The zero-order valence-corrected chi connectivity index (χ0v) is 18.8. The number of unbranched alkanes of at least 4 members (excludes halogenated alkanes) is 2. The highest BCUT2D eigenvalue weighted by molar-refractivity contribution is 8.00. The zero-order valence-electron chi connectivity index (χ0n) is 17.1. The largest absolute Gasteiger partial charge is 0.289 e. The van der Waals surface area contributed by atoms with Crippen molar-refractivity contribution < 1.29 is 13.3 Å². The summed E-state index contributed by atoms with van der Waals surface area (Å²) in [4.78, 5) is 11.7. The molecule has 2 aromatic carbocycles. The Morgan fingerprint density at radius 2 is 1.83 bits per heavy atom. The van der Waals surface area contributed by atoms with Gasteiger partial charge in [-0.15, -0.1) is 11.8 Å². The van der Waals surface area contributed by atoms with Gasteiger partial charge in [0.15, 0.2) is 4.90 Å². The van der Waals surface area contributed by atoms with E-state index in [1.54, 1.807) is 17.8 Å². The van der Waals surface area contributed by atoms with Crippen LogP contribution >= 0.6 is 11.8 Å². The molecule has 1 aliphatic heterocycles. The van der Waals surface area contributed by atoms with E-state index in [0.29, 0.717) is 6.54 Å². The van der Waals surface area contributed by atoms with Crippen molar-refractivity contribution in [3.63, 3.8) is 0 Å². The maximum Gasteiger partial charge on any atom is 0.289 e. The molecule has 0 spiro atoms. The van der Waals surface area contributed by atoms with Crippen LogP contribution in [0.25, 0.3) is 0 Å². The second-order valence-corrected chi connectivity index (χ2v) is 10.7. The number of benzene rings is 2. The summed E-state index contributed by atoms with van der Waals surface area (Å²) in [6.07, 6.45) is 5.71. The van der Waals surface area contributed by atoms with Crippen LogP contribution in [0.15, 0.2) is 64.4 Å². The first-order valence-corrected chi connectivity index (χ1v) is 12.7. The normalized spacial score (nSPS) is 18.4. The molecule has 162 valence electrons. The van der Waals surface area contributed by atoms with E-state index in [2.05, 4.69) is 6.92 Å². The molecule has 1 saturated heterocycles. The standard InChI is InChI=1S/C22H28N2O4S2/c1-2-3-5-15-21(29-18-11-6-4-7-12-18)19-14-10-17-23(19)30(27,28)22-16-9-8-13-20(22)24(25)26/h4,6-9,11-13,16,19,21H,2-3,5,10,14-15,17H2,1H3/t19-,21-/m0/s1. The molecule has 0 bridgehead atoms. The van der Waals surface area contributed by atoms with Crippen molar-refractivity contribution in [1.29, 1.82) is 0 Å². The second-order valence-electron chi connectivity index (χ2n) is 7.52. The van der Waals surface area contributed by atoms with E-state index in [1.807, 2.05) is 30.3 Å². The van der Waals surface area contributed by atoms with Crippen LogP contribution in [0.2, 0.25) is 0 Å². The Morgan fingerprint density at radius 1 is 1.13 bits per heavy atom. The fourth-order valence-corrected chi connectivity index (χ4v) is 7.34. The predicted octanol–water partition coefficient (Wildman–Crippen LogP) is 5.49. The Labute approximate surface area is 182 Å². The molecule has 6 nitrogen and oxygen atoms in total. The molecule has 0 saturated carbocycles. The average molecular weight is 449 g/mol. The maximum absolute atomic E-state index is 13.5. The highest BCUT2D eigenvalue weighted by atomic mass is 32.2. The average Bonchev–Trinajstić information content (AvgIpc) is 3.25. The molecule has 2 atom stereocenters. The Balaban J connectivity index is 1.91. The van der Waals surface area contributed by atoms with Crippen LogP contribution in [0.1, 0.15) is 45.4 Å². The highest BCUT2D eigenvalue weighted by Gasteiger charge is 2.42. The van der Waals surface area contributed by atoms with E-state index in [0.717, 1.165) is 43.4 Å². The molecule has 1 fully saturated rings. The van der Waals surface area contributed by atoms with Gasteiger partial charge in [-0.1, -0.05) is 56.5 Å². The molecule has 0 unspecified atom stereocenters. The van der Waals surface area contributed by atoms with Gasteiger partial charge >= 0.3 is 0 Å². The molecular weight excluding hydrogens is 420 g/mol. The van der Waals surface area contributed by atoms with Crippen molar-refractivity contribution in [2.45, 2.75) is 66.5 Å². The van der Waals surface area contributed by atoms with E-state index in [-0.39, 0.29) is 21.9 Å². The van der Waals surface area contributed by atoms with E-state index < -0.39 is 14.9 Å². The van der Waals surface area contributed by atoms with E-state index >= 15 is 0 Å². The Morgan fingerprint density at radius 3 is 2.53 bits per heavy atom. The topological polar surface area (TPSA) is 80.5 Å². The van der Waals surface area contributed by atoms with Gasteiger partial charge in [-0.2, -0.15) is 4.31 Å². The van der Waals surface area contributed by atoms with Gasteiger partial charge in [0.2, 0.25) is 10.0 Å². The lowest BCUT2D eigenvalue weighted by molar-refractivity contribution is -0.387. The minimum atomic E-state index is -3.95. The van der Waals surface area contributed by atoms with Crippen molar-refractivity contribution in [3.8, 4) is 0 Å². The zero-order chi connectivity index (χ0) is 21.6. The van der Waals surface area contributed by atoms with Crippen LogP contribution in [0, 0.1) is 10.1 Å². The molecule has 1 heterocycles. The summed E-state index contributed by atoms with van der Waals surface area (Å²) in [5, 5.41) is 11.5. The number of sulfonamides is 1. The van der Waals surface area contributed by atoms with E-state index in [4.69, 9.17) is 0 Å². The molecule has 8 heteroatoms. The molecular formula is C22H28N2O4S2. The SMILES string of the molecule is CCCCC[C@H](Sc1ccccc1)[C@@H]1CCCN1S(=O)(=O)c1ccccc1[N+](=O)[O-]. The molecule has 2 aromatic rings. The molecule has 0 amide bonds. The number of para-hydroxylation sites is 1. The van der Waals surface area contributed by atoms with Crippen molar-refractivity contribution in [2.75, 3.05) is 6.54 Å². The molecule has 1 aliphatic rings. The Bertz CT molecular complexity index is 951. The first-order chi connectivity index (χ1) is 14.4. The summed E-state index contributed by atoms with van der Waals surface area (Å²) >= 11 is 1.72. The number of nitro groups is 1. The fourth-order valence-electron chi connectivity index (χ4n) is 3.99. The predicted molar refractivity (Wildman–Crippen MR) is 120 cm³/mol. The molecule has 0 radical (unpaired) electrons. The molecule has 0 N–H and O–H groups in total. The fraction of sp³-hybridized carbons (Fsp3) is 0.455. The lowest BCUT2D eigenvalue weighted by Gasteiger charge is -2.31. The summed E-state index contributed by atoms with van der Waals surface area (Å²) in [6, 6.07) is 15.5. The summed E-state index contributed by atoms with van der Waals surface area (Å²) < 4.78 is 28.5. The summed E-state index contributed by atoms with van der Waals surface area (Å²) in [6.45, 7) is 2.55. The van der Waals surface area contributed by atoms with E-state index in [9.17, 15) is 18.5 Å². The highest BCUT2D eigenvalue weighted by Crippen LogP contribution is 2.39. The van der Waals surface area contributed by atoms with Crippen molar-refractivity contribution in [2.24, 2.45) is 0 Å². The van der Waals surface area contributed by atoms with Crippen molar-refractivity contribution in [1.82, 2.24) is 4.31 Å². The van der Waals surface area contributed by atoms with Gasteiger partial charge in [0.25, 0.3) is 5.69 Å². The van der Waals surface area contributed by atoms with Crippen molar-refractivity contribution in [3.05, 3.63) is 64.7 Å². The molecule has 0 aliphatic carbocycles. The number of hydrogen-bond donors (Lipinski definition) is 0. The van der Waals surface area contributed by atoms with Gasteiger partial charge in [-0.25, -0.2) is 8.42 Å². The monoisotopic (exact) mass is 448 g/mol. The third-order valence-electron chi connectivity index (χ3n) is 5.45. The number of rotatable bonds is 10. The third-order valence-corrected chi connectivity index (χ3v) is 8.82. The maximum atomic E-state index is 13.5. The lowest BCUT2D eigenvalue weighted by Crippen LogP contribution is -2.41.